The third-order valence-electron chi connectivity index (χ3n) is 3.25. The van der Waals surface area contributed by atoms with Crippen LogP contribution in [0.5, 0.6) is 0 Å². The van der Waals surface area contributed by atoms with Gasteiger partial charge in [-0.25, -0.2) is 9.97 Å². The molecule has 1 aromatic heterocycles. The number of fused-ring (bicyclic) bond motifs is 1. The summed E-state index contributed by atoms with van der Waals surface area (Å²) in [4.78, 5) is 22.8. The lowest BCUT2D eigenvalue weighted by Crippen LogP contribution is -2.35. The van der Waals surface area contributed by atoms with Crippen molar-refractivity contribution in [2.24, 2.45) is 0 Å². The van der Waals surface area contributed by atoms with Gasteiger partial charge in [-0.05, 0) is 34.5 Å². The highest BCUT2D eigenvalue weighted by molar-refractivity contribution is 9.10. The van der Waals surface area contributed by atoms with Gasteiger partial charge in [-0.3, -0.25) is 4.79 Å². The fourth-order valence-electron chi connectivity index (χ4n) is 2.36. The van der Waals surface area contributed by atoms with E-state index in [0.29, 0.717) is 0 Å². The van der Waals surface area contributed by atoms with Gasteiger partial charge in [0.2, 0.25) is 5.91 Å². The van der Waals surface area contributed by atoms with Crippen molar-refractivity contribution in [3.63, 3.8) is 0 Å². The van der Waals surface area contributed by atoms with Crippen molar-refractivity contribution in [3.05, 3.63) is 40.8 Å². The normalized spacial score (nSPS) is 13.8. The summed E-state index contributed by atoms with van der Waals surface area (Å²) in [5.74, 6) is 1.48. The Bertz CT molecular complexity index is 689. The molecule has 0 bridgehead atoms. The molecule has 0 saturated heterocycles. The molecule has 0 atom stereocenters. The van der Waals surface area contributed by atoms with Gasteiger partial charge in [0.15, 0.2) is 0 Å². The lowest BCUT2D eigenvalue weighted by molar-refractivity contribution is -0.115. The van der Waals surface area contributed by atoms with Crippen LogP contribution in [-0.2, 0) is 11.2 Å². The smallest absolute Gasteiger partial charge is 0.244 e. The van der Waals surface area contributed by atoms with E-state index in [1.54, 1.807) is 0 Å². The van der Waals surface area contributed by atoms with E-state index >= 15 is 0 Å². The predicted molar refractivity (Wildman–Crippen MR) is 85.8 cm³/mol. The summed E-state index contributed by atoms with van der Waals surface area (Å²) in [5.41, 5.74) is 1.76. The Balaban J connectivity index is 2.06. The van der Waals surface area contributed by atoms with Crippen LogP contribution >= 0.6 is 15.9 Å². The van der Waals surface area contributed by atoms with Crippen LogP contribution in [-0.4, -0.2) is 22.4 Å². The Morgan fingerprint density at radius 2 is 2.14 bits per heavy atom. The van der Waals surface area contributed by atoms with Gasteiger partial charge in [0, 0.05) is 12.5 Å². The Labute approximate surface area is 131 Å². The third-order valence-corrected chi connectivity index (χ3v) is 3.65. The van der Waals surface area contributed by atoms with E-state index in [9.17, 15) is 4.79 Å². The minimum absolute atomic E-state index is 0.0412. The van der Waals surface area contributed by atoms with Crippen molar-refractivity contribution in [2.45, 2.75) is 19.8 Å². The molecule has 0 radical (unpaired) electrons. The summed E-state index contributed by atoms with van der Waals surface area (Å²) in [6, 6.07) is 9.56. The maximum Gasteiger partial charge on any atom is 0.244 e. The van der Waals surface area contributed by atoms with Crippen LogP contribution in [0.15, 0.2) is 34.9 Å². The second-order valence-corrected chi connectivity index (χ2v) is 5.68. The summed E-state index contributed by atoms with van der Waals surface area (Å²) in [5, 5.41) is 2.88. The van der Waals surface area contributed by atoms with Crippen LogP contribution in [0.3, 0.4) is 0 Å². The molecule has 1 aliphatic rings. The van der Waals surface area contributed by atoms with Crippen molar-refractivity contribution in [3.8, 4) is 0 Å². The molecular weight excluding hydrogens is 332 g/mol. The van der Waals surface area contributed by atoms with Gasteiger partial charge in [0.1, 0.15) is 22.8 Å². The number of para-hydroxylation sites is 2. The zero-order valence-corrected chi connectivity index (χ0v) is 13.2. The largest absolute Gasteiger partial charge is 0.323 e. The predicted octanol–water partition coefficient (Wildman–Crippen LogP) is 3.28. The molecule has 2 heterocycles. The SMILES string of the molecule is CCCc1nc(Br)cc(N2CC(=O)Nc3ccccc32)n1. The maximum absolute atomic E-state index is 11.9. The Kier molecular flexibility index (Phi) is 3.88. The molecule has 0 spiro atoms. The number of rotatable bonds is 3. The average molecular weight is 347 g/mol. The molecule has 1 aromatic carbocycles. The summed E-state index contributed by atoms with van der Waals surface area (Å²) in [7, 11) is 0. The number of aromatic nitrogens is 2. The van der Waals surface area contributed by atoms with Gasteiger partial charge in [-0.2, -0.15) is 0 Å². The van der Waals surface area contributed by atoms with Gasteiger partial charge in [-0.1, -0.05) is 19.1 Å². The number of nitrogens with one attached hydrogen (secondary N) is 1. The molecule has 0 saturated carbocycles. The zero-order valence-electron chi connectivity index (χ0n) is 11.6. The molecule has 1 N–H and O–H groups in total. The first-order chi connectivity index (χ1) is 10.2. The fraction of sp³-hybridized carbons (Fsp3) is 0.267. The molecule has 3 rings (SSSR count). The summed E-state index contributed by atoms with van der Waals surface area (Å²) >= 11 is 3.43. The zero-order chi connectivity index (χ0) is 14.8. The molecular formula is C15H15BrN4O. The second kappa shape index (κ2) is 5.81. The van der Waals surface area contributed by atoms with Gasteiger partial charge in [-0.15, -0.1) is 0 Å². The lowest BCUT2D eigenvalue weighted by atomic mass is 10.2. The lowest BCUT2D eigenvalue weighted by Gasteiger charge is -2.30. The standard InChI is InChI=1S/C15H15BrN4O/c1-2-5-13-18-12(16)8-14(19-13)20-9-15(21)17-10-6-3-4-7-11(10)20/h3-4,6-8H,2,5,9H2,1H3,(H,17,21). The molecule has 0 aliphatic carbocycles. The number of nitrogens with zero attached hydrogens (tertiary/aromatic N) is 3. The highest BCUT2D eigenvalue weighted by Crippen LogP contribution is 2.34. The van der Waals surface area contributed by atoms with Crippen LogP contribution in [0, 0.1) is 0 Å². The fourth-order valence-corrected chi connectivity index (χ4v) is 2.77. The van der Waals surface area contributed by atoms with Gasteiger partial charge in [0.25, 0.3) is 0 Å². The first kappa shape index (κ1) is 14.0. The summed E-state index contributed by atoms with van der Waals surface area (Å²) < 4.78 is 0.736. The number of carbonyl (C=O) groups excluding carboxylic acids is 1. The quantitative estimate of drug-likeness (QED) is 0.866. The van der Waals surface area contributed by atoms with E-state index in [0.717, 1.165) is 40.5 Å². The molecule has 0 unspecified atom stereocenters. The number of carbonyl (C=O) groups is 1. The topological polar surface area (TPSA) is 58.1 Å². The first-order valence-corrected chi connectivity index (χ1v) is 7.66. The minimum Gasteiger partial charge on any atom is -0.323 e. The third kappa shape index (κ3) is 2.90. The number of benzene rings is 1. The van der Waals surface area contributed by atoms with Crippen molar-refractivity contribution < 1.29 is 4.79 Å². The number of hydrogen-bond acceptors (Lipinski definition) is 4. The van der Waals surface area contributed by atoms with E-state index in [4.69, 9.17) is 0 Å². The van der Waals surface area contributed by atoms with E-state index in [2.05, 4.69) is 38.1 Å². The molecule has 2 aromatic rings. The van der Waals surface area contributed by atoms with Crippen LogP contribution < -0.4 is 10.2 Å². The minimum atomic E-state index is -0.0412. The molecule has 108 valence electrons. The van der Waals surface area contributed by atoms with E-state index in [1.165, 1.54) is 0 Å². The molecule has 6 heteroatoms. The van der Waals surface area contributed by atoms with Crippen molar-refractivity contribution in [1.29, 1.82) is 0 Å². The monoisotopic (exact) mass is 346 g/mol. The molecule has 21 heavy (non-hydrogen) atoms. The maximum atomic E-state index is 11.9. The van der Waals surface area contributed by atoms with E-state index in [1.807, 2.05) is 35.2 Å². The number of anilines is 3. The average Bonchev–Trinajstić information content (AvgIpc) is 2.46. The summed E-state index contributed by atoms with van der Waals surface area (Å²) in [6.45, 7) is 2.35. The number of aryl methyl sites for hydroxylation is 1. The summed E-state index contributed by atoms with van der Waals surface area (Å²) in [6.07, 6.45) is 1.79. The van der Waals surface area contributed by atoms with Crippen LogP contribution in [0.25, 0.3) is 0 Å². The Morgan fingerprint density at radius 1 is 1.33 bits per heavy atom. The van der Waals surface area contributed by atoms with Crippen LogP contribution in [0.1, 0.15) is 19.2 Å². The highest BCUT2D eigenvalue weighted by Gasteiger charge is 2.24. The highest BCUT2D eigenvalue weighted by atomic mass is 79.9. The first-order valence-electron chi connectivity index (χ1n) is 6.87. The van der Waals surface area contributed by atoms with Crippen molar-refractivity contribution in [1.82, 2.24) is 9.97 Å². The van der Waals surface area contributed by atoms with E-state index < -0.39 is 0 Å². The second-order valence-electron chi connectivity index (χ2n) is 4.87. The number of halogens is 1. The van der Waals surface area contributed by atoms with E-state index in [-0.39, 0.29) is 12.5 Å². The van der Waals surface area contributed by atoms with Gasteiger partial charge >= 0.3 is 0 Å². The van der Waals surface area contributed by atoms with Crippen LogP contribution in [0.2, 0.25) is 0 Å². The van der Waals surface area contributed by atoms with Gasteiger partial charge in [0.05, 0.1) is 11.4 Å². The molecule has 5 nitrogen and oxygen atoms in total. The molecule has 1 amide bonds. The Hall–Kier alpha value is -1.95. The van der Waals surface area contributed by atoms with Gasteiger partial charge < -0.3 is 10.2 Å². The molecule has 0 fully saturated rings. The number of hydrogen-bond donors (Lipinski definition) is 1. The van der Waals surface area contributed by atoms with Crippen molar-refractivity contribution in [2.75, 3.05) is 16.8 Å². The molecule has 1 aliphatic heterocycles. The Morgan fingerprint density at radius 3 is 2.95 bits per heavy atom. The number of amides is 1. The van der Waals surface area contributed by atoms with Crippen LogP contribution in [0.4, 0.5) is 17.2 Å². The van der Waals surface area contributed by atoms with Crippen molar-refractivity contribution >= 4 is 39.0 Å².